The smallest absolute Gasteiger partial charge is 0.261 e. The number of aryl methyl sites for hydroxylation is 2. The molecular weight excluding hydrogens is 270 g/mol. The lowest BCUT2D eigenvalue weighted by atomic mass is 10.1. The maximum atomic E-state index is 12.3. The number of carbonyl (C=O) groups excluding carboxylic acids is 1. The summed E-state index contributed by atoms with van der Waals surface area (Å²) < 4.78 is 0. The van der Waals surface area contributed by atoms with Crippen molar-refractivity contribution in [3.05, 3.63) is 39.6 Å². The number of hydrogen-bond donors (Lipinski definition) is 2. The van der Waals surface area contributed by atoms with Crippen LogP contribution < -0.4 is 5.32 Å². The average Bonchev–Trinajstić information content (AvgIpc) is 3.08. The Balaban J connectivity index is 2.09. The summed E-state index contributed by atoms with van der Waals surface area (Å²) >= 11 is 1.61. The zero-order valence-corrected chi connectivity index (χ0v) is 13.0. The number of nitrogens with one attached hydrogen (secondary N) is 2. The van der Waals surface area contributed by atoms with Gasteiger partial charge >= 0.3 is 0 Å². The fourth-order valence-electron chi connectivity index (χ4n) is 2.17. The summed E-state index contributed by atoms with van der Waals surface area (Å²) in [5.74, 6) is 0.760. The van der Waals surface area contributed by atoms with Gasteiger partial charge in [0, 0.05) is 17.3 Å². The largest absolute Gasteiger partial charge is 0.347 e. The Bertz CT molecular complexity index is 560. The molecule has 0 aliphatic heterocycles. The van der Waals surface area contributed by atoms with E-state index in [0.717, 1.165) is 30.0 Å². The summed E-state index contributed by atoms with van der Waals surface area (Å²) in [7, 11) is 0. The highest BCUT2D eigenvalue weighted by molar-refractivity contribution is 7.14. The molecule has 0 saturated heterocycles. The summed E-state index contributed by atoms with van der Waals surface area (Å²) in [6.07, 6.45) is 6.59. The molecule has 0 bridgehead atoms. The van der Waals surface area contributed by atoms with E-state index in [1.807, 2.05) is 13.0 Å². The minimum Gasteiger partial charge on any atom is -0.347 e. The number of aromatic amines is 1. The van der Waals surface area contributed by atoms with Crippen molar-refractivity contribution in [3.8, 4) is 0 Å². The molecule has 4 nitrogen and oxygen atoms in total. The Morgan fingerprint density at radius 2 is 2.30 bits per heavy atom. The molecule has 5 heteroatoms. The van der Waals surface area contributed by atoms with Crippen molar-refractivity contribution in [2.24, 2.45) is 0 Å². The van der Waals surface area contributed by atoms with Crippen LogP contribution in [0.5, 0.6) is 0 Å². The molecule has 0 aliphatic rings. The molecule has 0 spiro atoms. The van der Waals surface area contributed by atoms with Gasteiger partial charge in [0.25, 0.3) is 5.91 Å². The first-order valence-electron chi connectivity index (χ1n) is 7.07. The SMILES string of the molecule is CCCc1sc(C(=O)NC(C)c2ncc[nH]2)cc1CC. The van der Waals surface area contributed by atoms with Gasteiger partial charge in [-0.2, -0.15) is 0 Å². The lowest BCUT2D eigenvalue weighted by Gasteiger charge is -2.10. The van der Waals surface area contributed by atoms with Gasteiger partial charge in [-0.3, -0.25) is 4.79 Å². The summed E-state index contributed by atoms with van der Waals surface area (Å²) in [6, 6.07) is 1.92. The number of thiophene rings is 1. The Kier molecular flexibility index (Phi) is 4.95. The first kappa shape index (κ1) is 14.8. The molecule has 1 unspecified atom stereocenters. The van der Waals surface area contributed by atoms with Gasteiger partial charge < -0.3 is 10.3 Å². The van der Waals surface area contributed by atoms with Gasteiger partial charge in [-0.1, -0.05) is 20.3 Å². The predicted molar refractivity (Wildman–Crippen MR) is 82.2 cm³/mol. The fourth-order valence-corrected chi connectivity index (χ4v) is 3.43. The standard InChI is InChI=1S/C15H21N3OS/c1-4-6-12-11(5-2)9-13(20-12)15(19)18-10(3)14-16-7-8-17-14/h7-10H,4-6H2,1-3H3,(H,16,17)(H,18,19). The number of imidazole rings is 1. The van der Waals surface area contributed by atoms with Crippen molar-refractivity contribution in [3.63, 3.8) is 0 Å². The number of aromatic nitrogens is 2. The fraction of sp³-hybridized carbons (Fsp3) is 0.467. The van der Waals surface area contributed by atoms with E-state index in [2.05, 4.69) is 29.1 Å². The average molecular weight is 291 g/mol. The number of H-pyrrole nitrogens is 1. The van der Waals surface area contributed by atoms with Crippen LogP contribution in [0.1, 0.15) is 59.2 Å². The Morgan fingerprint density at radius 1 is 1.50 bits per heavy atom. The first-order chi connectivity index (χ1) is 9.65. The van der Waals surface area contributed by atoms with Crippen LogP contribution in [0.3, 0.4) is 0 Å². The molecule has 108 valence electrons. The van der Waals surface area contributed by atoms with Crippen molar-refractivity contribution >= 4 is 17.2 Å². The minimum absolute atomic E-state index is 0.0176. The van der Waals surface area contributed by atoms with Crippen molar-refractivity contribution in [2.45, 2.75) is 46.1 Å². The van der Waals surface area contributed by atoms with Crippen LogP contribution in [0.2, 0.25) is 0 Å². The van der Waals surface area contributed by atoms with Crippen molar-refractivity contribution < 1.29 is 4.79 Å². The summed E-state index contributed by atoms with van der Waals surface area (Å²) in [5, 5.41) is 2.98. The van der Waals surface area contributed by atoms with Crippen LogP contribution >= 0.6 is 11.3 Å². The van der Waals surface area contributed by atoms with Gasteiger partial charge in [0.2, 0.25) is 0 Å². The minimum atomic E-state index is -0.112. The van der Waals surface area contributed by atoms with Gasteiger partial charge in [0.1, 0.15) is 5.82 Å². The molecule has 1 atom stereocenters. The van der Waals surface area contributed by atoms with Gasteiger partial charge in [0.15, 0.2) is 0 Å². The highest BCUT2D eigenvalue weighted by Gasteiger charge is 2.16. The molecule has 0 aliphatic carbocycles. The summed E-state index contributed by atoms with van der Waals surface area (Å²) in [6.45, 7) is 6.23. The molecule has 0 saturated carbocycles. The van der Waals surface area contributed by atoms with Crippen LogP contribution in [0.15, 0.2) is 18.5 Å². The molecule has 1 amide bonds. The van der Waals surface area contributed by atoms with Gasteiger partial charge in [-0.05, 0) is 31.4 Å². The Labute approximate surface area is 123 Å². The van der Waals surface area contributed by atoms with Crippen LogP contribution in [-0.2, 0) is 12.8 Å². The van der Waals surface area contributed by atoms with E-state index in [1.165, 1.54) is 10.4 Å². The quantitative estimate of drug-likeness (QED) is 0.856. The van der Waals surface area contributed by atoms with Crippen LogP contribution in [-0.4, -0.2) is 15.9 Å². The third kappa shape index (κ3) is 3.28. The van der Waals surface area contributed by atoms with Gasteiger partial charge in [0.05, 0.1) is 10.9 Å². The van der Waals surface area contributed by atoms with Gasteiger partial charge in [-0.15, -0.1) is 11.3 Å². The van der Waals surface area contributed by atoms with Crippen LogP contribution in [0, 0.1) is 0 Å². The second-order valence-electron chi connectivity index (χ2n) is 4.83. The monoisotopic (exact) mass is 291 g/mol. The molecule has 2 N–H and O–H groups in total. The Hall–Kier alpha value is -1.62. The van der Waals surface area contributed by atoms with E-state index in [0.29, 0.717) is 0 Å². The third-order valence-electron chi connectivity index (χ3n) is 3.26. The summed E-state index contributed by atoms with van der Waals surface area (Å²) in [4.78, 5) is 21.6. The molecule has 0 fully saturated rings. The zero-order valence-electron chi connectivity index (χ0n) is 12.2. The zero-order chi connectivity index (χ0) is 14.5. The van der Waals surface area contributed by atoms with Crippen molar-refractivity contribution in [1.29, 1.82) is 0 Å². The van der Waals surface area contributed by atoms with Crippen molar-refractivity contribution in [2.75, 3.05) is 0 Å². The topological polar surface area (TPSA) is 57.8 Å². The maximum absolute atomic E-state index is 12.3. The molecule has 2 aromatic heterocycles. The van der Waals surface area contributed by atoms with E-state index >= 15 is 0 Å². The second kappa shape index (κ2) is 6.70. The van der Waals surface area contributed by atoms with Crippen LogP contribution in [0.4, 0.5) is 0 Å². The molecule has 2 aromatic rings. The molecule has 2 heterocycles. The first-order valence-corrected chi connectivity index (χ1v) is 7.89. The van der Waals surface area contributed by atoms with E-state index in [4.69, 9.17) is 0 Å². The molecule has 20 heavy (non-hydrogen) atoms. The van der Waals surface area contributed by atoms with E-state index in [-0.39, 0.29) is 11.9 Å². The predicted octanol–water partition coefficient (Wildman–Crippen LogP) is 3.48. The molecule has 0 aromatic carbocycles. The van der Waals surface area contributed by atoms with E-state index < -0.39 is 0 Å². The van der Waals surface area contributed by atoms with Crippen LogP contribution in [0.25, 0.3) is 0 Å². The van der Waals surface area contributed by atoms with E-state index in [9.17, 15) is 4.79 Å². The number of hydrogen-bond acceptors (Lipinski definition) is 3. The third-order valence-corrected chi connectivity index (χ3v) is 4.49. The number of amides is 1. The lowest BCUT2D eigenvalue weighted by molar-refractivity contribution is 0.0942. The van der Waals surface area contributed by atoms with Crippen molar-refractivity contribution in [1.82, 2.24) is 15.3 Å². The maximum Gasteiger partial charge on any atom is 0.261 e. The molecule has 2 rings (SSSR count). The highest BCUT2D eigenvalue weighted by atomic mass is 32.1. The molecule has 0 radical (unpaired) electrons. The Morgan fingerprint density at radius 3 is 2.90 bits per heavy atom. The number of carbonyl (C=O) groups is 1. The normalized spacial score (nSPS) is 12.3. The second-order valence-corrected chi connectivity index (χ2v) is 5.97. The number of rotatable bonds is 6. The number of nitrogens with zero attached hydrogens (tertiary/aromatic N) is 1. The summed E-state index contributed by atoms with van der Waals surface area (Å²) in [5.41, 5.74) is 1.30. The van der Waals surface area contributed by atoms with Gasteiger partial charge in [-0.25, -0.2) is 4.98 Å². The lowest BCUT2D eigenvalue weighted by Crippen LogP contribution is -2.26. The highest BCUT2D eigenvalue weighted by Crippen LogP contribution is 2.25. The van der Waals surface area contributed by atoms with E-state index in [1.54, 1.807) is 23.7 Å². The molecular formula is C15H21N3OS.